The average molecular weight is 278 g/mol. The van der Waals surface area contributed by atoms with Crippen molar-refractivity contribution in [3.63, 3.8) is 0 Å². The Balaban J connectivity index is 1.65. The van der Waals surface area contributed by atoms with E-state index in [0.29, 0.717) is 18.3 Å². The smallest absolute Gasteiger partial charge is 0.247 e. The Bertz CT molecular complexity index is 883. The molecule has 0 aliphatic rings. The van der Waals surface area contributed by atoms with Gasteiger partial charge in [-0.15, -0.1) is 15.3 Å². The monoisotopic (exact) mass is 278 g/mol. The highest BCUT2D eigenvalue weighted by atomic mass is 16.4. The Hall–Kier alpha value is -3.09. The van der Waals surface area contributed by atoms with E-state index in [4.69, 9.17) is 4.42 Å². The molecular formula is C14H10N6O. The van der Waals surface area contributed by atoms with E-state index in [0.717, 1.165) is 16.6 Å². The van der Waals surface area contributed by atoms with E-state index in [1.54, 1.807) is 17.1 Å². The molecule has 0 radical (unpaired) electrons. The van der Waals surface area contributed by atoms with Gasteiger partial charge in [-0.2, -0.15) is 0 Å². The van der Waals surface area contributed by atoms with Crippen LogP contribution in [-0.4, -0.2) is 30.2 Å². The van der Waals surface area contributed by atoms with Crippen LogP contribution in [0.5, 0.6) is 0 Å². The molecule has 0 N–H and O–H groups in total. The second-order valence-electron chi connectivity index (χ2n) is 4.47. The van der Waals surface area contributed by atoms with Gasteiger partial charge in [0.05, 0.1) is 5.52 Å². The predicted octanol–water partition coefficient (Wildman–Crippen LogP) is 1.92. The molecule has 7 heteroatoms. The van der Waals surface area contributed by atoms with Gasteiger partial charge in [0.1, 0.15) is 12.1 Å². The van der Waals surface area contributed by atoms with Crippen molar-refractivity contribution in [2.45, 2.75) is 6.54 Å². The molecular weight excluding hydrogens is 268 g/mol. The van der Waals surface area contributed by atoms with Crippen LogP contribution in [0.25, 0.3) is 22.5 Å². The summed E-state index contributed by atoms with van der Waals surface area (Å²) in [6.45, 7) is 0.387. The fraction of sp³-hybridized carbons (Fsp3) is 0.0714. The molecule has 0 saturated carbocycles. The van der Waals surface area contributed by atoms with Crippen molar-refractivity contribution in [1.29, 1.82) is 0 Å². The second kappa shape index (κ2) is 4.78. The molecule has 1 aromatic carbocycles. The van der Waals surface area contributed by atoms with Crippen molar-refractivity contribution in [2.24, 2.45) is 0 Å². The Morgan fingerprint density at radius 1 is 0.952 bits per heavy atom. The van der Waals surface area contributed by atoms with Crippen molar-refractivity contribution in [1.82, 2.24) is 30.2 Å². The molecule has 0 aliphatic carbocycles. The van der Waals surface area contributed by atoms with Crippen molar-refractivity contribution < 1.29 is 4.42 Å². The summed E-state index contributed by atoms with van der Waals surface area (Å²) in [5.74, 6) is 0.953. The van der Waals surface area contributed by atoms with Gasteiger partial charge in [0.2, 0.25) is 11.8 Å². The molecule has 0 fully saturated rings. The van der Waals surface area contributed by atoms with Gasteiger partial charge in [0, 0.05) is 18.0 Å². The molecule has 0 unspecified atom stereocenters. The van der Waals surface area contributed by atoms with Crippen LogP contribution in [0.4, 0.5) is 0 Å². The summed E-state index contributed by atoms with van der Waals surface area (Å²) in [4.78, 5) is 3.96. The number of nitrogens with zero attached hydrogens (tertiary/aromatic N) is 6. The maximum Gasteiger partial charge on any atom is 0.247 e. The number of hydrogen-bond donors (Lipinski definition) is 0. The summed E-state index contributed by atoms with van der Waals surface area (Å²) in [5, 5.41) is 16.3. The van der Waals surface area contributed by atoms with Crippen LogP contribution >= 0.6 is 0 Å². The van der Waals surface area contributed by atoms with Gasteiger partial charge in [-0.1, -0.05) is 17.3 Å². The minimum atomic E-state index is 0.387. The van der Waals surface area contributed by atoms with Gasteiger partial charge < -0.3 is 4.42 Å². The van der Waals surface area contributed by atoms with Gasteiger partial charge in [0.15, 0.2) is 0 Å². The van der Waals surface area contributed by atoms with E-state index in [2.05, 4.69) is 25.5 Å². The van der Waals surface area contributed by atoms with Gasteiger partial charge in [-0.25, -0.2) is 4.68 Å². The molecule has 0 saturated heterocycles. The lowest BCUT2D eigenvalue weighted by atomic mass is 10.3. The summed E-state index contributed by atoms with van der Waals surface area (Å²) in [6.07, 6.45) is 3.37. The zero-order chi connectivity index (χ0) is 14.1. The highest BCUT2D eigenvalue weighted by molar-refractivity contribution is 5.73. The number of pyridine rings is 1. The molecule has 0 amide bonds. The number of aromatic nitrogens is 6. The molecule has 3 aromatic heterocycles. The largest absolute Gasteiger partial charge is 0.419 e. The first kappa shape index (κ1) is 11.7. The van der Waals surface area contributed by atoms with Crippen LogP contribution in [0.3, 0.4) is 0 Å². The number of rotatable bonds is 3. The Morgan fingerprint density at radius 2 is 1.81 bits per heavy atom. The minimum Gasteiger partial charge on any atom is -0.419 e. The number of hydrogen-bond acceptors (Lipinski definition) is 6. The third kappa shape index (κ3) is 2.14. The standard InChI is InChI=1S/C14H10N6O/c1-2-4-12-11(3-1)16-19-20(12)9-13-17-18-14(21-13)10-5-7-15-8-6-10/h1-8H,9H2. The van der Waals surface area contributed by atoms with E-state index < -0.39 is 0 Å². The Kier molecular flexibility index (Phi) is 2.67. The average Bonchev–Trinajstić information content (AvgIpc) is 3.17. The summed E-state index contributed by atoms with van der Waals surface area (Å²) >= 11 is 0. The fourth-order valence-electron chi connectivity index (χ4n) is 2.09. The van der Waals surface area contributed by atoms with Crippen molar-refractivity contribution in [3.8, 4) is 11.5 Å². The Labute approximate surface area is 119 Å². The number of fused-ring (bicyclic) bond motifs is 1. The van der Waals surface area contributed by atoms with Gasteiger partial charge in [0.25, 0.3) is 0 Å². The number of benzene rings is 1. The summed E-state index contributed by atoms with van der Waals surface area (Å²) in [6, 6.07) is 11.4. The molecule has 4 rings (SSSR count). The highest BCUT2D eigenvalue weighted by Crippen LogP contribution is 2.17. The minimum absolute atomic E-state index is 0.387. The third-order valence-electron chi connectivity index (χ3n) is 3.10. The summed E-state index contributed by atoms with van der Waals surface area (Å²) < 4.78 is 7.39. The first-order valence-corrected chi connectivity index (χ1v) is 6.41. The maximum atomic E-state index is 5.65. The molecule has 0 spiro atoms. The van der Waals surface area contributed by atoms with Crippen molar-refractivity contribution in [2.75, 3.05) is 0 Å². The molecule has 4 aromatic rings. The predicted molar refractivity (Wildman–Crippen MR) is 74.2 cm³/mol. The lowest BCUT2D eigenvalue weighted by molar-refractivity contribution is 0.474. The van der Waals surface area contributed by atoms with Gasteiger partial charge in [-0.05, 0) is 24.3 Å². The van der Waals surface area contributed by atoms with Crippen LogP contribution < -0.4 is 0 Å². The summed E-state index contributed by atoms with van der Waals surface area (Å²) in [7, 11) is 0. The SMILES string of the molecule is c1ccc2c(c1)nnn2Cc1nnc(-c2ccncc2)o1. The van der Waals surface area contributed by atoms with Crippen LogP contribution in [0.2, 0.25) is 0 Å². The molecule has 21 heavy (non-hydrogen) atoms. The molecule has 0 bridgehead atoms. The molecule has 7 nitrogen and oxygen atoms in total. The van der Waals surface area contributed by atoms with E-state index >= 15 is 0 Å². The van der Waals surface area contributed by atoms with Gasteiger partial charge >= 0.3 is 0 Å². The van der Waals surface area contributed by atoms with Crippen LogP contribution in [-0.2, 0) is 6.54 Å². The summed E-state index contributed by atoms with van der Waals surface area (Å²) in [5.41, 5.74) is 2.61. The maximum absolute atomic E-state index is 5.65. The Morgan fingerprint density at radius 3 is 2.71 bits per heavy atom. The van der Waals surface area contributed by atoms with E-state index in [1.165, 1.54) is 0 Å². The first-order chi connectivity index (χ1) is 10.4. The zero-order valence-electron chi connectivity index (χ0n) is 10.9. The van der Waals surface area contributed by atoms with E-state index in [1.807, 2.05) is 36.4 Å². The normalized spacial score (nSPS) is 11.0. The van der Waals surface area contributed by atoms with Crippen LogP contribution in [0.15, 0.2) is 53.2 Å². The lowest BCUT2D eigenvalue weighted by Gasteiger charge is -1.97. The van der Waals surface area contributed by atoms with E-state index in [-0.39, 0.29) is 0 Å². The highest BCUT2D eigenvalue weighted by Gasteiger charge is 2.11. The fourth-order valence-corrected chi connectivity index (χ4v) is 2.09. The molecule has 0 aliphatic heterocycles. The zero-order valence-corrected chi connectivity index (χ0v) is 10.9. The molecule has 0 atom stereocenters. The van der Waals surface area contributed by atoms with Crippen LogP contribution in [0, 0.1) is 0 Å². The van der Waals surface area contributed by atoms with Crippen LogP contribution in [0.1, 0.15) is 5.89 Å². The van der Waals surface area contributed by atoms with Crippen molar-refractivity contribution >= 4 is 11.0 Å². The molecule has 3 heterocycles. The molecule has 102 valence electrons. The lowest BCUT2D eigenvalue weighted by Crippen LogP contribution is -2.02. The quantitative estimate of drug-likeness (QED) is 0.569. The van der Waals surface area contributed by atoms with Gasteiger partial charge in [-0.3, -0.25) is 4.98 Å². The van der Waals surface area contributed by atoms with Crippen molar-refractivity contribution in [3.05, 3.63) is 54.7 Å². The first-order valence-electron chi connectivity index (χ1n) is 6.41. The second-order valence-corrected chi connectivity index (χ2v) is 4.47. The van der Waals surface area contributed by atoms with E-state index in [9.17, 15) is 0 Å². The topological polar surface area (TPSA) is 82.5 Å². The number of para-hydroxylation sites is 1. The third-order valence-corrected chi connectivity index (χ3v) is 3.10.